The predicted octanol–water partition coefficient (Wildman–Crippen LogP) is 3.66. The molecule has 4 nitrogen and oxygen atoms in total. The fourth-order valence-electron chi connectivity index (χ4n) is 3.48. The van der Waals surface area contributed by atoms with Crippen molar-refractivity contribution in [3.63, 3.8) is 0 Å². The molecule has 22 heavy (non-hydrogen) atoms. The number of likely N-dealkylation sites (tertiary alicyclic amines) is 1. The van der Waals surface area contributed by atoms with Crippen molar-refractivity contribution in [2.75, 3.05) is 19.6 Å². The summed E-state index contributed by atoms with van der Waals surface area (Å²) in [6.07, 6.45) is 4.95. The average molecular weight is 310 g/mol. The Kier molecular flexibility index (Phi) is 5.76. The van der Waals surface area contributed by atoms with E-state index in [1.54, 1.807) is 0 Å². The Morgan fingerprint density at radius 2 is 1.95 bits per heavy atom. The summed E-state index contributed by atoms with van der Waals surface area (Å²) in [6.45, 7) is 13.7. The smallest absolute Gasteiger partial charge is 0.407 e. The molecule has 2 rings (SSSR count). The van der Waals surface area contributed by atoms with Crippen LogP contribution in [0.25, 0.3) is 0 Å². The third-order valence-corrected chi connectivity index (χ3v) is 4.96. The van der Waals surface area contributed by atoms with E-state index in [9.17, 15) is 4.79 Å². The number of hydrogen-bond acceptors (Lipinski definition) is 3. The molecule has 2 unspecified atom stereocenters. The Morgan fingerprint density at radius 3 is 2.45 bits per heavy atom. The number of amides is 1. The summed E-state index contributed by atoms with van der Waals surface area (Å²) in [4.78, 5) is 14.6. The highest BCUT2D eigenvalue weighted by molar-refractivity contribution is 5.68. The molecule has 1 N–H and O–H groups in total. The van der Waals surface area contributed by atoms with E-state index in [2.05, 4.69) is 24.1 Å². The highest BCUT2D eigenvalue weighted by Gasteiger charge is 2.32. The summed E-state index contributed by atoms with van der Waals surface area (Å²) in [6, 6.07) is 0.219. The molecule has 1 amide bonds. The van der Waals surface area contributed by atoms with E-state index in [0.717, 1.165) is 18.9 Å². The topological polar surface area (TPSA) is 41.6 Å². The van der Waals surface area contributed by atoms with Crippen LogP contribution in [0.1, 0.15) is 60.3 Å². The van der Waals surface area contributed by atoms with Crippen molar-refractivity contribution in [1.82, 2.24) is 10.2 Å². The Hall–Kier alpha value is -0.770. The molecule has 0 bridgehead atoms. The zero-order valence-corrected chi connectivity index (χ0v) is 15.0. The SMILES string of the molecule is CC(C)C1CC(NC(=O)OC(C)(C)C)CN(CC2CCC2)C1. The van der Waals surface area contributed by atoms with Crippen LogP contribution in [0.2, 0.25) is 0 Å². The number of nitrogens with one attached hydrogen (secondary N) is 1. The van der Waals surface area contributed by atoms with Gasteiger partial charge in [-0.25, -0.2) is 4.79 Å². The Labute approximate surface area is 136 Å². The first kappa shape index (κ1) is 17.6. The first-order valence-electron chi connectivity index (χ1n) is 8.95. The maximum absolute atomic E-state index is 12.0. The van der Waals surface area contributed by atoms with Gasteiger partial charge in [-0.05, 0) is 57.8 Å². The van der Waals surface area contributed by atoms with Crippen molar-refractivity contribution in [3.8, 4) is 0 Å². The van der Waals surface area contributed by atoms with Gasteiger partial charge in [0.05, 0.1) is 0 Å². The van der Waals surface area contributed by atoms with Crippen molar-refractivity contribution in [3.05, 3.63) is 0 Å². The van der Waals surface area contributed by atoms with Gasteiger partial charge in [-0.15, -0.1) is 0 Å². The molecule has 1 saturated carbocycles. The number of piperidine rings is 1. The van der Waals surface area contributed by atoms with Gasteiger partial charge in [0.2, 0.25) is 0 Å². The summed E-state index contributed by atoms with van der Waals surface area (Å²) in [7, 11) is 0. The van der Waals surface area contributed by atoms with Gasteiger partial charge < -0.3 is 15.0 Å². The molecule has 0 aromatic carbocycles. The van der Waals surface area contributed by atoms with Crippen LogP contribution in [0.3, 0.4) is 0 Å². The van der Waals surface area contributed by atoms with Crippen molar-refractivity contribution in [2.45, 2.75) is 71.9 Å². The van der Waals surface area contributed by atoms with Crippen LogP contribution in [0, 0.1) is 17.8 Å². The van der Waals surface area contributed by atoms with Crippen LogP contribution < -0.4 is 5.32 Å². The lowest BCUT2D eigenvalue weighted by Crippen LogP contribution is -2.53. The lowest BCUT2D eigenvalue weighted by molar-refractivity contribution is 0.0400. The highest BCUT2D eigenvalue weighted by Crippen LogP contribution is 2.30. The van der Waals surface area contributed by atoms with E-state index in [1.807, 2.05) is 20.8 Å². The normalized spacial score (nSPS) is 27.5. The monoisotopic (exact) mass is 310 g/mol. The van der Waals surface area contributed by atoms with Gasteiger partial charge in [-0.3, -0.25) is 0 Å². The van der Waals surface area contributed by atoms with Gasteiger partial charge in [-0.1, -0.05) is 20.3 Å². The standard InChI is InChI=1S/C18H34N2O2/c1-13(2)15-9-16(19-17(21)22-18(3,4)5)12-20(11-15)10-14-7-6-8-14/h13-16H,6-12H2,1-5H3,(H,19,21). The van der Waals surface area contributed by atoms with E-state index in [1.165, 1.54) is 32.4 Å². The fourth-order valence-corrected chi connectivity index (χ4v) is 3.48. The first-order chi connectivity index (χ1) is 10.2. The highest BCUT2D eigenvalue weighted by atomic mass is 16.6. The van der Waals surface area contributed by atoms with E-state index in [-0.39, 0.29) is 12.1 Å². The number of hydrogen-bond donors (Lipinski definition) is 1. The molecule has 2 aliphatic rings. The van der Waals surface area contributed by atoms with Crippen molar-refractivity contribution in [2.24, 2.45) is 17.8 Å². The zero-order chi connectivity index (χ0) is 16.3. The average Bonchev–Trinajstić information content (AvgIpc) is 2.31. The van der Waals surface area contributed by atoms with Crippen molar-refractivity contribution >= 4 is 6.09 Å². The fraction of sp³-hybridized carbons (Fsp3) is 0.944. The van der Waals surface area contributed by atoms with Gasteiger partial charge in [0.25, 0.3) is 0 Å². The Morgan fingerprint density at radius 1 is 1.27 bits per heavy atom. The van der Waals surface area contributed by atoms with E-state index >= 15 is 0 Å². The van der Waals surface area contributed by atoms with Gasteiger partial charge in [0.1, 0.15) is 5.60 Å². The quantitative estimate of drug-likeness (QED) is 0.861. The molecule has 1 aliphatic heterocycles. The maximum atomic E-state index is 12.0. The van der Waals surface area contributed by atoms with Gasteiger partial charge in [0.15, 0.2) is 0 Å². The minimum atomic E-state index is -0.429. The molecule has 0 spiro atoms. The van der Waals surface area contributed by atoms with E-state index < -0.39 is 5.60 Å². The minimum absolute atomic E-state index is 0.219. The third kappa shape index (κ3) is 5.45. The summed E-state index contributed by atoms with van der Waals surface area (Å²) < 4.78 is 5.42. The van der Waals surface area contributed by atoms with Crippen molar-refractivity contribution in [1.29, 1.82) is 0 Å². The van der Waals surface area contributed by atoms with Crippen LogP contribution in [0.15, 0.2) is 0 Å². The molecule has 2 fully saturated rings. The number of rotatable bonds is 4. The molecule has 1 saturated heterocycles. The molecule has 1 aliphatic carbocycles. The minimum Gasteiger partial charge on any atom is -0.444 e. The van der Waals surface area contributed by atoms with Gasteiger partial charge in [0, 0.05) is 25.7 Å². The number of nitrogens with zero attached hydrogens (tertiary/aromatic N) is 1. The van der Waals surface area contributed by atoms with Crippen molar-refractivity contribution < 1.29 is 9.53 Å². The summed E-state index contributed by atoms with van der Waals surface area (Å²) >= 11 is 0. The zero-order valence-electron chi connectivity index (χ0n) is 15.0. The number of alkyl carbamates (subject to hydrolysis) is 1. The second-order valence-electron chi connectivity index (χ2n) is 8.60. The molecule has 4 heteroatoms. The Bertz CT molecular complexity index is 372. The third-order valence-electron chi connectivity index (χ3n) is 4.96. The predicted molar refractivity (Wildman–Crippen MR) is 89.9 cm³/mol. The first-order valence-corrected chi connectivity index (χ1v) is 8.95. The Balaban J connectivity index is 1.89. The molecule has 2 atom stereocenters. The van der Waals surface area contributed by atoms with Crippen LogP contribution in [-0.2, 0) is 4.74 Å². The van der Waals surface area contributed by atoms with E-state index in [4.69, 9.17) is 4.74 Å². The van der Waals surface area contributed by atoms with Crippen LogP contribution >= 0.6 is 0 Å². The number of carbonyl (C=O) groups is 1. The molecular formula is C18H34N2O2. The largest absolute Gasteiger partial charge is 0.444 e. The molecule has 0 aromatic heterocycles. The van der Waals surface area contributed by atoms with Crippen LogP contribution in [0.4, 0.5) is 4.79 Å². The summed E-state index contributed by atoms with van der Waals surface area (Å²) in [5.74, 6) is 2.20. The second kappa shape index (κ2) is 7.20. The van der Waals surface area contributed by atoms with Gasteiger partial charge in [-0.2, -0.15) is 0 Å². The number of ether oxygens (including phenoxy) is 1. The van der Waals surface area contributed by atoms with Crippen LogP contribution in [0.5, 0.6) is 0 Å². The lowest BCUT2D eigenvalue weighted by atomic mass is 9.82. The molecule has 0 aromatic rings. The molecule has 128 valence electrons. The second-order valence-corrected chi connectivity index (χ2v) is 8.60. The lowest BCUT2D eigenvalue weighted by Gasteiger charge is -2.42. The summed E-state index contributed by atoms with van der Waals surface area (Å²) in [5, 5.41) is 3.10. The molecular weight excluding hydrogens is 276 g/mol. The molecule has 0 radical (unpaired) electrons. The van der Waals surface area contributed by atoms with Gasteiger partial charge >= 0.3 is 6.09 Å². The maximum Gasteiger partial charge on any atom is 0.407 e. The number of carbonyl (C=O) groups excluding carboxylic acids is 1. The molecule has 1 heterocycles. The van der Waals surface area contributed by atoms with Crippen LogP contribution in [-0.4, -0.2) is 42.3 Å². The summed E-state index contributed by atoms with van der Waals surface area (Å²) in [5.41, 5.74) is -0.429. The van der Waals surface area contributed by atoms with E-state index in [0.29, 0.717) is 11.8 Å².